The molecule has 0 saturated carbocycles. The van der Waals surface area contributed by atoms with Crippen LogP contribution in [0, 0.1) is 0 Å². The number of rotatable bonds is 2. The van der Waals surface area contributed by atoms with Crippen molar-refractivity contribution < 1.29 is 9.59 Å². The van der Waals surface area contributed by atoms with E-state index >= 15 is 0 Å². The maximum Gasteiger partial charge on any atom is 0.241 e. The average Bonchev–Trinajstić information content (AvgIpc) is 1.89. The third-order valence-electron chi connectivity index (χ3n) is 0.482. The number of hydrogen-bond acceptors (Lipinski definition) is 2. The maximum absolute atomic E-state index is 10.1. The number of allylic oxidation sites excluding steroid dienone is 1. The average molecular weight is 143 g/mol. The molecule has 10 heavy (non-hydrogen) atoms. The quantitative estimate of drug-likeness (QED) is 0.577. The molecule has 0 aliphatic carbocycles. The first-order chi connectivity index (χ1) is 4.63. The van der Waals surface area contributed by atoms with Crippen molar-refractivity contribution >= 4 is 11.7 Å². The first-order valence-electron chi connectivity index (χ1n) is 3.11. The van der Waals surface area contributed by atoms with Crippen LogP contribution in [0.5, 0.6) is 0 Å². The fraction of sp³-hybridized carbons (Fsp3) is 0.429. The van der Waals surface area contributed by atoms with E-state index < -0.39 is 5.91 Å². The fourth-order valence-corrected chi connectivity index (χ4v) is 0.199. The highest BCUT2D eigenvalue weighted by atomic mass is 16.1. The lowest BCUT2D eigenvalue weighted by atomic mass is 10.4. The lowest BCUT2D eigenvalue weighted by Crippen LogP contribution is -2.06. The second-order valence-electron chi connectivity index (χ2n) is 1.35. The van der Waals surface area contributed by atoms with E-state index in [4.69, 9.17) is 0 Å². The van der Waals surface area contributed by atoms with Crippen LogP contribution in [0.3, 0.4) is 0 Å². The molecule has 0 aromatic heterocycles. The Kier molecular flexibility index (Phi) is 9.18. The van der Waals surface area contributed by atoms with E-state index in [0.717, 1.165) is 12.2 Å². The van der Waals surface area contributed by atoms with Crippen molar-refractivity contribution in [2.75, 3.05) is 0 Å². The molecule has 0 aromatic carbocycles. The van der Waals surface area contributed by atoms with Crippen LogP contribution < -0.4 is 5.73 Å². The molecule has 0 unspecified atom stereocenters. The smallest absolute Gasteiger partial charge is 0.241 e. The summed E-state index contributed by atoms with van der Waals surface area (Å²) in [6, 6.07) is 0. The summed E-state index contributed by atoms with van der Waals surface area (Å²) in [6.45, 7) is 5.35. The lowest BCUT2D eigenvalue weighted by molar-refractivity contribution is -0.115. The Morgan fingerprint density at radius 2 is 1.60 bits per heavy atom. The molecule has 0 atom stereocenters. The highest BCUT2D eigenvalue weighted by Crippen LogP contribution is 1.71. The van der Waals surface area contributed by atoms with Crippen LogP contribution in [0.4, 0.5) is 0 Å². The molecule has 0 aromatic rings. The molecule has 58 valence electrons. The van der Waals surface area contributed by atoms with Gasteiger partial charge in [0.25, 0.3) is 0 Å². The number of nitrogens with two attached hydrogens (primary N) is 1. The molecule has 0 spiro atoms. The summed E-state index contributed by atoms with van der Waals surface area (Å²) >= 11 is 0. The van der Waals surface area contributed by atoms with Crippen molar-refractivity contribution in [3.05, 3.63) is 12.2 Å². The van der Waals surface area contributed by atoms with Crippen molar-refractivity contribution in [1.82, 2.24) is 0 Å². The molecule has 0 radical (unpaired) electrons. The number of carbonyl (C=O) groups is 2. The van der Waals surface area contributed by atoms with Gasteiger partial charge in [0.1, 0.15) is 0 Å². The Morgan fingerprint density at radius 3 is 1.70 bits per heavy atom. The highest BCUT2D eigenvalue weighted by Gasteiger charge is 1.83. The molecule has 2 N–H and O–H groups in total. The van der Waals surface area contributed by atoms with Gasteiger partial charge in [-0.3, -0.25) is 9.59 Å². The van der Waals surface area contributed by atoms with Crippen molar-refractivity contribution in [3.8, 4) is 0 Å². The van der Waals surface area contributed by atoms with Gasteiger partial charge in [-0.2, -0.15) is 0 Å². The van der Waals surface area contributed by atoms with Gasteiger partial charge in [0.15, 0.2) is 5.78 Å². The van der Waals surface area contributed by atoms with Crippen LogP contribution in [-0.4, -0.2) is 11.7 Å². The van der Waals surface area contributed by atoms with Crippen LogP contribution in [0.25, 0.3) is 0 Å². The van der Waals surface area contributed by atoms with E-state index in [-0.39, 0.29) is 5.78 Å². The Bertz CT molecular complexity index is 123. The topological polar surface area (TPSA) is 60.2 Å². The predicted molar refractivity (Wildman–Crippen MR) is 40.4 cm³/mol. The summed E-state index contributed by atoms with van der Waals surface area (Å²) in [5.74, 6) is -0.774. The van der Waals surface area contributed by atoms with E-state index in [1.54, 1.807) is 0 Å². The van der Waals surface area contributed by atoms with Gasteiger partial charge < -0.3 is 5.73 Å². The summed E-state index contributed by atoms with van der Waals surface area (Å²) in [4.78, 5) is 19.9. The van der Waals surface area contributed by atoms with Gasteiger partial charge in [0, 0.05) is 6.08 Å². The minimum atomic E-state index is -0.597. The predicted octanol–water partition coefficient (Wildman–Crippen LogP) is 0.643. The number of amides is 1. The van der Waals surface area contributed by atoms with Crippen LogP contribution >= 0.6 is 0 Å². The summed E-state index contributed by atoms with van der Waals surface area (Å²) < 4.78 is 0. The fourth-order valence-electron chi connectivity index (χ4n) is 0.199. The molecule has 1 amide bonds. The number of hydrogen-bond donors (Lipinski definition) is 1. The SMILES string of the molecule is CC.CC(=O)/C=C\C(N)=O. The molecule has 3 nitrogen and oxygen atoms in total. The molecule has 3 heteroatoms. The molecule has 0 fully saturated rings. The van der Waals surface area contributed by atoms with E-state index in [2.05, 4.69) is 5.73 Å². The Labute approximate surface area is 60.9 Å². The molecular weight excluding hydrogens is 130 g/mol. The van der Waals surface area contributed by atoms with Gasteiger partial charge in [-0.25, -0.2) is 0 Å². The Balaban J connectivity index is 0. The standard InChI is InChI=1S/C5H7NO2.C2H6/c1-4(7)2-3-5(6)8;1-2/h2-3H,1H3,(H2,6,8);1-2H3/b3-2-;. The van der Waals surface area contributed by atoms with Crippen LogP contribution in [0.1, 0.15) is 20.8 Å². The van der Waals surface area contributed by atoms with E-state index in [9.17, 15) is 9.59 Å². The van der Waals surface area contributed by atoms with E-state index in [1.165, 1.54) is 6.92 Å². The van der Waals surface area contributed by atoms with Crippen molar-refractivity contribution in [2.45, 2.75) is 20.8 Å². The van der Waals surface area contributed by atoms with Gasteiger partial charge in [-0.15, -0.1) is 0 Å². The number of carbonyl (C=O) groups excluding carboxylic acids is 2. The normalized spacial score (nSPS) is 8.30. The van der Waals surface area contributed by atoms with Crippen LogP contribution in [0.2, 0.25) is 0 Å². The van der Waals surface area contributed by atoms with Gasteiger partial charge in [-0.1, -0.05) is 13.8 Å². The molecule has 0 rings (SSSR count). The van der Waals surface area contributed by atoms with Gasteiger partial charge in [0.2, 0.25) is 5.91 Å². The molecule has 0 aliphatic rings. The minimum absolute atomic E-state index is 0.177. The van der Waals surface area contributed by atoms with Crippen molar-refractivity contribution in [3.63, 3.8) is 0 Å². The zero-order valence-corrected chi connectivity index (χ0v) is 6.55. The summed E-state index contributed by atoms with van der Waals surface area (Å²) in [5, 5.41) is 0. The third kappa shape index (κ3) is 15.8. The monoisotopic (exact) mass is 143 g/mol. The van der Waals surface area contributed by atoms with Gasteiger partial charge in [0.05, 0.1) is 0 Å². The number of primary amides is 1. The summed E-state index contributed by atoms with van der Waals surface area (Å²) in [7, 11) is 0. The summed E-state index contributed by atoms with van der Waals surface area (Å²) in [6.07, 6.45) is 2.16. The van der Waals surface area contributed by atoms with E-state index in [0.29, 0.717) is 0 Å². The minimum Gasteiger partial charge on any atom is -0.366 e. The first-order valence-corrected chi connectivity index (χ1v) is 3.11. The third-order valence-corrected chi connectivity index (χ3v) is 0.482. The van der Waals surface area contributed by atoms with Crippen LogP contribution in [0.15, 0.2) is 12.2 Å². The van der Waals surface area contributed by atoms with Crippen molar-refractivity contribution in [2.24, 2.45) is 5.73 Å². The first kappa shape index (κ1) is 11.6. The Morgan fingerprint density at radius 1 is 1.20 bits per heavy atom. The molecule has 0 bridgehead atoms. The Hall–Kier alpha value is -1.12. The highest BCUT2D eigenvalue weighted by molar-refractivity contribution is 5.95. The van der Waals surface area contributed by atoms with Crippen LogP contribution in [-0.2, 0) is 9.59 Å². The maximum atomic E-state index is 10.1. The largest absolute Gasteiger partial charge is 0.366 e. The number of ketones is 1. The van der Waals surface area contributed by atoms with Crippen molar-refractivity contribution in [1.29, 1.82) is 0 Å². The van der Waals surface area contributed by atoms with E-state index in [1.807, 2.05) is 13.8 Å². The molecular formula is C7H13NO2. The summed E-state index contributed by atoms with van der Waals surface area (Å²) in [5.41, 5.74) is 4.66. The van der Waals surface area contributed by atoms with Gasteiger partial charge in [-0.05, 0) is 13.0 Å². The second kappa shape index (κ2) is 7.88. The lowest BCUT2D eigenvalue weighted by Gasteiger charge is -1.75. The second-order valence-corrected chi connectivity index (χ2v) is 1.35. The molecule has 0 saturated heterocycles. The zero-order valence-electron chi connectivity index (χ0n) is 6.55. The molecule has 0 aliphatic heterocycles. The zero-order chi connectivity index (χ0) is 8.57. The van der Waals surface area contributed by atoms with Gasteiger partial charge >= 0.3 is 0 Å². The molecule has 0 heterocycles.